The largest absolute Gasteiger partial charge is 0.468 e. The monoisotopic (exact) mass is 327 g/mol. The predicted octanol–water partition coefficient (Wildman–Crippen LogP) is 2.57. The van der Waals surface area contributed by atoms with Gasteiger partial charge in [-0.05, 0) is 23.6 Å². The molecular weight excluding hydrogens is 310 g/mol. The number of ether oxygens (including phenoxy) is 1. The first-order chi connectivity index (χ1) is 8.93. The van der Waals surface area contributed by atoms with Crippen LogP contribution < -0.4 is 0 Å². The molecule has 5 heteroatoms. The van der Waals surface area contributed by atoms with Crippen LogP contribution in [-0.2, 0) is 14.3 Å². The lowest BCUT2D eigenvalue weighted by molar-refractivity contribution is -0.146. The zero-order chi connectivity index (χ0) is 14.4. The highest BCUT2D eigenvalue weighted by atomic mass is 79.9. The Morgan fingerprint density at radius 1 is 1.32 bits per heavy atom. The van der Waals surface area contributed by atoms with E-state index in [4.69, 9.17) is 0 Å². The maximum absolute atomic E-state index is 12.0. The quantitative estimate of drug-likeness (QED) is 0.781. The third kappa shape index (κ3) is 5.03. The number of likely N-dealkylation sites (N-methyl/N-ethyl adjacent to an activating group) is 1. The fourth-order valence-electron chi connectivity index (χ4n) is 1.67. The number of esters is 1. The third-order valence-electron chi connectivity index (χ3n) is 2.94. The minimum Gasteiger partial charge on any atom is -0.468 e. The molecule has 0 aromatic heterocycles. The minimum atomic E-state index is -0.410. The van der Waals surface area contributed by atoms with Crippen LogP contribution in [0.25, 0.3) is 0 Å². The molecule has 0 fully saturated rings. The number of benzene rings is 1. The summed E-state index contributed by atoms with van der Waals surface area (Å²) in [4.78, 5) is 24.4. The Morgan fingerprint density at radius 3 is 2.42 bits per heavy atom. The van der Waals surface area contributed by atoms with Gasteiger partial charge in [0.1, 0.15) is 6.54 Å². The molecule has 0 saturated carbocycles. The van der Waals surface area contributed by atoms with Crippen LogP contribution >= 0.6 is 15.9 Å². The van der Waals surface area contributed by atoms with Gasteiger partial charge in [-0.25, -0.2) is 0 Å². The van der Waals surface area contributed by atoms with Crippen molar-refractivity contribution >= 4 is 27.8 Å². The Kier molecular flexibility index (Phi) is 6.02. The maximum atomic E-state index is 12.0. The van der Waals surface area contributed by atoms with E-state index in [0.29, 0.717) is 6.42 Å². The predicted molar refractivity (Wildman–Crippen MR) is 76.8 cm³/mol. The molecular formula is C14H18BrNO3. The Morgan fingerprint density at radius 2 is 1.89 bits per heavy atom. The summed E-state index contributed by atoms with van der Waals surface area (Å²) in [6.07, 6.45) is 0.370. The minimum absolute atomic E-state index is 0.0115. The fourth-order valence-corrected chi connectivity index (χ4v) is 1.94. The number of carbonyl (C=O) groups is 2. The van der Waals surface area contributed by atoms with Gasteiger partial charge >= 0.3 is 5.97 Å². The second-order valence-corrected chi connectivity index (χ2v) is 5.40. The molecule has 19 heavy (non-hydrogen) atoms. The molecule has 4 nitrogen and oxygen atoms in total. The van der Waals surface area contributed by atoms with E-state index in [9.17, 15) is 9.59 Å². The van der Waals surface area contributed by atoms with Crippen LogP contribution in [0.5, 0.6) is 0 Å². The molecule has 0 aliphatic heterocycles. The molecule has 0 aliphatic rings. The van der Waals surface area contributed by atoms with Crippen molar-refractivity contribution in [3.8, 4) is 0 Å². The summed E-state index contributed by atoms with van der Waals surface area (Å²) in [6, 6.07) is 7.88. The standard InChI is InChI=1S/C14H18BrNO3/c1-10(11-4-6-12(15)7-5-11)8-13(17)16(2)9-14(18)19-3/h4-7,10H,8-9H2,1-3H3. The number of rotatable bonds is 5. The lowest BCUT2D eigenvalue weighted by Gasteiger charge is -2.18. The molecule has 1 atom stereocenters. The molecule has 0 N–H and O–H groups in total. The first kappa shape index (κ1) is 15.7. The van der Waals surface area contributed by atoms with E-state index >= 15 is 0 Å². The summed E-state index contributed by atoms with van der Waals surface area (Å²) in [5.41, 5.74) is 1.10. The summed E-state index contributed by atoms with van der Waals surface area (Å²) in [6.45, 7) is 1.98. The topological polar surface area (TPSA) is 46.6 Å². The molecule has 104 valence electrons. The van der Waals surface area contributed by atoms with E-state index < -0.39 is 5.97 Å². The summed E-state index contributed by atoms with van der Waals surface area (Å²) in [5.74, 6) is -0.367. The van der Waals surface area contributed by atoms with Crippen LogP contribution in [0.3, 0.4) is 0 Å². The summed E-state index contributed by atoms with van der Waals surface area (Å²) in [7, 11) is 2.92. The third-order valence-corrected chi connectivity index (χ3v) is 3.47. The van der Waals surface area contributed by atoms with Gasteiger partial charge in [0.2, 0.25) is 5.91 Å². The molecule has 0 spiro atoms. The van der Waals surface area contributed by atoms with Gasteiger partial charge in [0, 0.05) is 17.9 Å². The first-order valence-electron chi connectivity index (χ1n) is 6.00. The second-order valence-electron chi connectivity index (χ2n) is 4.48. The smallest absolute Gasteiger partial charge is 0.325 e. The Balaban J connectivity index is 2.56. The molecule has 1 aromatic carbocycles. The van der Waals surface area contributed by atoms with Gasteiger partial charge in [-0.2, -0.15) is 0 Å². The average molecular weight is 328 g/mol. The number of halogens is 1. The van der Waals surface area contributed by atoms with E-state index in [1.807, 2.05) is 31.2 Å². The lowest BCUT2D eigenvalue weighted by Crippen LogP contribution is -2.33. The van der Waals surface area contributed by atoms with Gasteiger partial charge in [0.25, 0.3) is 0 Å². The molecule has 0 saturated heterocycles. The van der Waals surface area contributed by atoms with Crippen molar-refractivity contribution in [1.82, 2.24) is 4.90 Å². The maximum Gasteiger partial charge on any atom is 0.325 e. The molecule has 0 bridgehead atoms. The highest BCUT2D eigenvalue weighted by Gasteiger charge is 2.17. The number of nitrogens with zero attached hydrogens (tertiary/aromatic N) is 1. The van der Waals surface area contributed by atoms with Crippen molar-refractivity contribution < 1.29 is 14.3 Å². The molecule has 0 heterocycles. The molecule has 1 unspecified atom stereocenters. The highest BCUT2D eigenvalue weighted by Crippen LogP contribution is 2.21. The van der Waals surface area contributed by atoms with Crippen LogP contribution in [-0.4, -0.2) is 37.5 Å². The van der Waals surface area contributed by atoms with Gasteiger partial charge < -0.3 is 9.64 Å². The van der Waals surface area contributed by atoms with Gasteiger partial charge in [-0.15, -0.1) is 0 Å². The molecule has 0 radical (unpaired) electrons. The van der Waals surface area contributed by atoms with E-state index in [1.165, 1.54) is 12.0 Å². The normalized spacial score (nSPS) is 11.8. The Bertz CT molecular complexity index is 445. The first-order valence-corrected chi connectivity index (χ1v) is 6.79. The molecule has 1 rings (SSSR count). The second kappa shape index (κ2) is 7.28. The Hall–Kier alpha value is -1.36. The van der Waals surface area contributed by atoms with Crippen molar-refractivity contribution in [3.63, 3.8) is 0 Å². The van der Waals surface area contributed by atoms with Crippen molar-refractivity contribution in [3.05, 3.63) is 34.3 Å². The lowest BCUT2D eigenvalue weighted by atomic mass is 9.97. The van der Waals surface area contributed by atoms with Gasteiger partial charge in [0.15, 0.2) is 0 Å². The summed E-state index contributed by atoms with van der Waals surface area (Å²) < 4.78 is 5.55. The van der Waals surface area contributed by atoms with Crippen molar-refractivity contribution in [1.29, 1.82) is 0 Å². The highest BCUT2D eigenvalue weighted by molar-refractivity contribution is 9.10. The van der Waals surface area contributed by atoms with E-state index in [0.717, 1.165) is 10.0 Å². The van der Waals surface area contributed by atoms with Crippen LogP contribution in [0.2, 0.25) is 0 Å². The molecule has 0 aliphatic carbocycles. The Labute approximate surface area is 121 Å². The summed E-state index contributed by atoms with van der Waals surface area (Å²) in [5, 5.41) is 0. The summed E-state index contributed by atoms with van der Waals surface area (Å²) >= 11 is 3.38. The van der Waals surface area contributed by atoms with E-state index in [2.05, 4.69) is 20.7 Å². The SMILES string of the molecule is COC(=O)CN(C)C(=O)CC(C)c1ccc(Br)cc1. The van der Waals surface area contributed by atoms with Crippen LogP contribution in [0, 0.1) is 0 Å². The number of hydrogen-bond donors (Lipinski definition) is 0. The zero-order valence-electron chi connectivity index (χ0n) is 11.4. The van der Waals surface area contributed by atoms with Gasteiger partial charge in [-0.1, -0.05) is 35.0 Å². The van der Waals surface area contributed by atoms with E-state index in [-0.39, 0.29) is 18.4 Å². The van der Waals surface area contributed by atoms with Crippen molar-refractivity contribution in [2.24, 2.45) is 0 Å². The fraction of sp³-hybridized carbons (Fsp3) is 0.429. The zero-order valence-corrected chi connectivity index (χ0v) is 12.9. The van der Waals surface area contributed by atoms with Crippen LogP contribution in [0.4, 0.5) is 0 Å². The number of carbonyl (C=O) groups excluding carboxylic acids is 2. The van der Waals surface area contributed by atoms with Crippen molar-refractivity contribution in [2.75, 3.05) is 20.7 Å². The van der Waals surface area contributed by atoms with Crippen LogP contribution in [0.1, 0.15) is 24.8 Å². The van der Waals surface area contributed by atoms with Crippen LogP contribution in [0.15, 0.2) is 28.7 Å². The molecule has 1 aromatic rings. The van der Waals surface area contributed by atoms with Crippen molar-refractivity contribution in [2.45, 2.75) is 19.3 Å². The average Bonchev–Trinajstić information content (AvgIpc) is 2.38. The van der Waals surface area contributed by atoms with Gasteiger partial charge in [-0.3, -0.25) is 9.59 Å². The number of methoxy groups -OCH3 is 1. The van der Waals surface area contributed by atoms with Gasteiger partial charge in [0.05, 0.1) is 7.11 Å². The number of hydrogen-bond acceptors (Lipinski definition) is 3. The molecule has 1 amide bonds. The number of amides is 1. The van der Waals surface area contributed by atoms with E-state index in [1.54, 1.807) is 7.05 Å².